The minimum Gasteiger partial charge on any atom is -0.352 e. The zero-order valence-electron chi connectivity index (χ0n) is 16.1. The van der Waals surface area contributed by atoms with E-state index in [4.69, 9.17) is 21.1 Å². The molecule has 2 nitrogen and oxygen atoms in total. The van der Waals surface area contributed by atoms with Crippen LogP contribution in [0.2, 0.25) is 5.02 Å². The van der Waals surface area contributed by atoms with E-state index in [0.29, 0.717) is 37.5 Å². The SMILES string of the molecule is CCCC1COC(CCc2cc(F)c(C#Cc3ccc(Cl)c(F)c3)c(F)c2)OC1. The minimum atomic E-state index is -0.754. The molecule has 0 aliphatic carbocycles. The van der Waals surface area contributed by atoms with Crippen LogP contribution in [-0.2, 0) is 15.9 Å². The molecule has 1 fully saturated rings. The van der Waals surface area contributed by atoms with Crippen molar-refractivity contribution in [2.75, 3.05) is 13.2 Å². The Labute approximate surface area is 174 Å². The van der Waals surface area contributed by atoms with Crippen molar-refractivity contribution in [2.45, 2.75) is 38.9 Å². The van der Waals surface area contributed by atoms with E-state index in [1.807, 2.05) is 0 Å². The molecule has 2 aromatic carbocycles. The van der Waals surface area contributed by atoms with Crippen molar-refractivity contribution in [1.29, 1.82) is 0 Å². The number of hydrogen-bond donors (Lipinski definition) is 0. The molecule has 1 aliphatic heterocycles. The van der Waals surface area contributed by atoms with Crippen molar-refractivity contribution in [3.05, 3.63) is 69.5 Å². The van der Waals surface area contributed by atoms with Crippen LogP contribution in [0.15, 0.2) is 30.3 Å². The second-order valence-electron chi connectivity index (χ2n) is 7.10. The predicted octanol–water partition coefficient (Wildman–Crippen LogP) is 5.88. The topological polar surface area (TPSA) is 18.5 Å². The molecule has 0 unspecified atom stereocenters. The van der Waals surface area contributed by atoms with Gasteiger partial charge in [-0.15, -0.1) is 0 Å². The van der Waals surface area contributed by atoms with Gasteiger partial charge in [-0.1, -0.05) is 36.8 Å². The number of halogens is 4. The van der Waals surface area contributed by atoms with Gasteiger partial charge in [-0.05, 0) is 48.7 Å². The molecule has 0 saturated carbocycles. The Hall–Kier alpha value is -2.00. The number of aryl methyl sites for hydroxylation is 1. The van der Waals surface area contributed by atoms with Gasteiger partial charge in [0.25, 0.3) is 0 Å². The summed E-state index contributed by atoms with van der Waals surface area (Å²) in [5, 5.41) is -0.0379. The fourth-order valence-corrected chi connectivity index (χ4v) is 3.32. The lowest BCUT2D eigenvalue weighted by molar-refractivity contribution is -0.203. The first-order chi connectivity index (χ1) is 14.0. The first-order valence-electron chi connectivity index (χ1n) is 9.64. The average molecular weight is 423 g/mol. The molecule has 1 aliphatic rings. The Morgan fingerprint density at radius 3 is 2.28 bits per heavy atom. The van der Waals surface area contributed by atoms with Crippen molar-refractivity contribution in [3.63, 3.8) is 0 Å². The highest BCUT2D eigenvalue weighted by molar-refractivity contribution is 6.30. The number of benzene rings is 2. The molecule has 3 rings (SSSR count). The maximum atomic E-state index is 14.4. The third kappa shape index (κ3) is 5.99. The fraction of sp³-hybridized carbons (Fsp3) is 0.391. The maximum absolute atomic E-state index is 14.4. The molecule has 1 heterocycles. The molecule has 6 heteroatoms. The van der Waals surface area contributed by atoms with Crippen LogP contribution in [0, 0.1) is 35.2 Å². The van der Waals surface area contributed by atoms with Gasteiger partial charge in [-0.2, -0.15) is 0 Å². The molecular formula is C23H22ClF3O2. The van der Waals surface area contributed by atoms with Gasteiger partial charge in [-0.25, -0.2) is 13.2 Å². The zero-order chi connectivity index (χ0) is 20.8. The van der Waals surface area contributed by atoms with Crippen molar-refractivity contribution >= 4 is 11.6 Å². The van der Waals surface area contributed by atoms with Crippen molar-refractivity contribution < 1.29 is 22.6 Å². The molecule has 1 saturated heterocycles. The molecule has 0 amide bonds. The number of hydrogen-bond acceptors (Lipinski definition) is 2. The Morgan fingerprint density at radius 1 is 0.966 bits per heavy atom. The molecule has 154 valence electrons. The minimum absolute atomic E-state index is 0.0379. The van der Waals surface area contributed by atoms with Gasteiger partial charge in [0.05, 0.1) is 23.8 Å². The van der Waals surface area contributed by atoms with Gasteiger partial charge < -0.3 is 9.47 Å². The Morgan fingerprint density at radius 2 is 1.66 bits per heavy atom. The summed E-state index contributed by atoms with van der Waals surface area (Å²) in [6, 6.07) is 6.47. The highest BCUT2D eigenvalue weighted by atomic mass is 35.5. The summed E-state index contributed by atoms with van der Waals surface area (Å²) in [7, 11) is 0. The standard InChI is InChI=1S/C23H22ClF3O2/c1-2-3-17-13-28-23(29-14-17)9-6-16-11-20(25)18(21(26)12-16)7-4-15-5-8-19(24)22(27)10-15/h5,8,10-12,17,23H,2-3,6,9,13-14H2,1H3. The maximum Gasteiger partial charge on any atom is 0.157 e. The second-order valence-corrected chi connectivity index (χ2v) is 7.51. The zero-order valence-corrected chi connectivity index (χ0v) is 16.9. The molecule has 29 heavy (non-hydrogen) atoms. The molecular weight excluding hydrogens is 401 g/mol. The first-order valence-corrected chi connectivity index (χ1v) is 10.0. The molecule has 0 atom stereocenters. The summed E-state index contributed by atoms with van der Waals surface area (Å²) >= 11 is 5.61. The summed E-state index contributed by atoms with van der Waals surface area (Å²) in [5.41, 5.74) is 0.436. The summed E-state index contributed by atoms with van der Waals surface area (Å²) in [5.74, 6) is 3.26. The van der Waals surface area contributed by atoms with E-state index in [1.54, 1.807) is 0 Å². The summed E-state index contributed by atoms with van der Waals surface area (Å²) in [4.78, 5) is 0. The van der Waals surface area contributed by atoms with E-state index in [1.165, 1.54) is 24.3 Å². The summed E-state index contributed by atoms with van der Waals surface area (Å²) in [6.07, 6.45) is 2.74. The van der Waals surface area contributed by atoms with Crippen LogP contribution in [0.5, 0.6) is 0 Å². The number of rotatable bonds is 5. The average Bonchev–Trinajstić information content (AvgIpc) is 2.70. The largest absolute Gasteiger partial charge is 0.352 e. The number of ether oxygens (including phenoxy) is 2. The van der Waals surface area contributed by atoms with Gasteiger partial charge in [0, 0.05) is 17.9 Å². The van der Waals surface area contributed by atoms with E-state index in [-0.39, 0.29) is 22.4 Å². The van der Waals surface area contributed by atoms with Gasteiger partial charge in [-0.3, -0.25) is 0 Å². The lowest BCUT2D eigenvalue weighted by Crippen LogP contribution is -2.32. The first kappa shape index (κ1) is 21.7. The van der Waals surface area contributed by atoms with E-state index in [9.17, 15) is 13.2 Å². The molecule has 0 aromatic heterocycles. The van der Waals surface area contributed by atoms with Crippen LogP contribution in [0.1, 0.15) is 42.9 Å². The van der Waals surface area contributed by atoms with Crippen LogP contribution in [0.25, 0.3) is 0 Å². The smallest absolute Gasteiger partial charge is 0.157 e. The van der Waals surface area contributed by atoms with E-state index >= 15 is 0 Å². The van der Waals surface area contributed by atoms with Crippen molar-refractivity contribution in [2.24, 2.45) is 5.92 Å². The van der Waals surface area contributed by atoms with Crippen molar-refractivity contribution in [1.82, 2.24) is 0 Å². The summed E-state index contributed by atoms with van der Waals surface area (Å²) in [6.45, 7) is 3.43. The van der Waals surface area contributed by atoms with Gasteiger partial charge in [0.1, 0.15) is 17.5 Å². The second kappa shape index (κ2) is 10.2. The molecule has 0 spiro atoms. The Balaban J connectivity index is 1.62. The normalized spacial score (nSPS) is 18.9. The predicted molar refractivity (Wildman–Crippen MR) is 106 cm³/mol. The molecule has 0 N–H and O–H groups in total. The third-order valence-electron chi connectivity index (χ3n) is 4.75. The molecule has 0 bridgehead atoms. The van der Waals surface area contributed by atoms with Gasteiger partial charge in [0.2, 0.25) is 0 Å². The highest BCUT2D eigenvalue weighted by Gasteiger charge is 2.21. The molecule has 2 aromatic rings. The summed E-state index contributed by atoms with van der Waals surface area (Å²) < 4.78 is 53.5. The lowest BCUT2D eigenvalue weighted by Gasteiger charge is -2.29. The lowest BCUT2D eigenvalue weighted by atomic mass is 10.0. The quantitative estimate of drug-likeness (QED) is 0.560. The van der Waals surface area contributed by atoms with Crippen molar-refractivity contribution in [3.8, 4) is 11.8 Å². The van der Waals surface area contributed by atoms with Crippen LogP contribution in [0.3, 0.4) is 0 Å². The monoisotopic (exact) mass is 422 g/mol. The van der Waals surface area contributed by atoms with E-state index < -0.39 is 17.5 Å². The molecule has 0 radical (unpaired) electrons. The van der Waals surface area contributed by atoms with Crippen LogP contribution < -0.4 is 0 Å². The van der Waals surface area contributed by atoms with Gasteiger partial charge in [0.15, 0.2) is 6.29 Å². The van der Waals surface area contributed by atoms with Crippen LogP contribution in [0.4, 0.5) is 13.2 Å². The van der Waals surface area contributed by atoms with E-state index in [0.717, 1.165) is 18.9 Å². The third-order valence-corrected chi connectivity index (χ3v) is 5.06. The Kier molecular flexibility index (Phi) is 7.60. The van der Waals surface area contributed by atoms with Crippen LogP contribution >= 0.6 is 11.6 Å². The van der Waals surface area contributed by atoms with Crippen LogP contribution in [-0.4, -0.2) is 19.5 Å². The van der Waals surface area contributed by atoms with E-state index in [2.05, 4.69) is 18.8 Å². The highest BCUT2D eigenvalue weighted by Crippen LogP contribution is 2.21. The fourth-order valence-electron chi connectivity index (χ4n) is 3.21. The van der Waals surface area contributed by atoms with Gasteiger partial charge >= 0.3 is 0 Å². The Bertz CT molecular complexity index is 889.